The van der Waals surface area contributed by atoms with Gasteiger partial charge in [-0.2, -0.15) is 0 Å². The molecule has 1 aliphatic rings. The lowest BCUT2D eigenvalue weighted by Gasteiger charge is -2.34. The van der Waals surface area contributed by atoms with E-state index in [1.165, 1.54) is 21.5 Å². The summed E-state index contributed by atoms with van der Waals surface area (Å²) in [4.78, 5) is 7.79. The number of hydrogen-bond acceptors (Lipinski definition) is 4. The molecule has 0 aliphatic carbocycles. The van der Waals surface area contributed by atoms with Crippen molar-refractivity contribution in [3.05, 3.63) is 163 Å². The maximum absolute atomic E-state index is 6.77. The van der Waals surface area contributed by atoms with E-state index in [0.717, 1.165) is 78.0 Å². The van der Waals surface area contributed by atoms with Crippen molar-refractivity contribution in [2.24, 2.45) is 4.99 Å². The number of aromatic nitrogens is 1. The van der Waals surface area contributed by atoms with Crippen LogP contribution < -0.4 is 0 Å². The van der Waals surface area contributed by atoms with Crippen molar-refractivity contribution in [1.82, 2.24) is 9.47 Å². The van der Waals surface area contributed by atoms with Gasteiger partial charge in [0.25, 0.3) is 0 Å². The van der Waals surface area contributed by atoms with Crippen LogP contribution in [0.25, 0.3) is 76.6 Å². The van der Waals surface area contributed by atoms with Crippen LogP contribution in [0.1, 0.15) is 17.4 Å². The summed E-state index contributed by atoms with van der Waals surface area (Å²) < 4.78 is 15.5. The van der Waals surface area contributed by atoms with Gasteiger partial charge in [0.2, 0.25) is 5.96 Å². The fourth-order valence-corrected chi connectivity index (χ4v) is 8.11. The van der Waals surface area contributed by atoms with Gasteiger partial charge in [-0.05, 0) is 58.3 Å². The second kappa shape index (κ2) is 10.2. The Morgan fingerprint density at radius 3 is 2.14 bits per heavy atom. The molecule has 1 atom stereocenters. The minimum Gasteiger partial charge on any atom is -0.456 e. The van der Waals surface area contributed by atoms with Crippen LogP contribution in [0.5, 0.6) is 0 Å². The van der Waals surface area contributed by atoms with E-state index in [0.29, 0.717) is 0 Å². The van der Waals surface area contributed by atoms with Gasteiger partial charge >= 0.3 is 0 Å². The Kier molecular flexibility index (Phi) is 5.59. The average molecular weight is 644 g/mol. The predicted octanol–water partition coefficient (Wildman–Crippen LogP) is 11.8. The van der Waals surface area contributed by atoms with Crippen molar-refractivity contribution in [2.75, 3.05) is 7.05 Å². The Bertz CT molecular complexity index is 3020. The van der Waals surface area contributed by atoms with Crippen molar-refractivity contribution >= 4 is 77.1 Å². The number of hydrogen-bond donors (Lipinski definition) is 0. The number of aliphatic imine (C=N–C) groups is 1. The molecule has 4 heterocycles. The first-order valence-electron chi connectivity index (χ1n) is 17.0. The molecule has 3 aromatic heterocycles. The summed E-state index contributed by atoms with van der Waals surface area (Å²) in [5, 5.41) is 8.02. The topological polar surface area (TPSA) is 46.8 Å². The first kappa shape index (κ1) is 27.4. The third-order valence-electron chi connectivity index (χ3n) is 10.4. The average Bonchev–Trinajstić information content (AvgIpc) is 3.83. The number of furan rings is 2. The Morgan fingerprint density at radius 2 is 1.26 bits per heavy atom. The highest BCUT2D eigenvalue weighted by Crippen LogP contribution is 2.47. The molecule has 0 N–H and O–H groups in total. The zero-order valence-corrected chi connectivity index (χ0v) is 27.2. The summed E-state index contributed by atoms with van der Waals surface area (Å²) >= 11 is 0. The van der Waals surface area contributed by atoms with E-state index in [-0.39, 0.29) is 6.04 Å². The van der Waals surface area contributed by atoms with E-state index in [4.69, 9.17) is 13.8 Å². The second-order valence-electron chi connectivity index (χ2n) is 13.2. The molecule has 0 saturated heterocycles. The molecule has 5 heteroatoms. The monoisotopic (exact) mass is 643 g/mol. The van der Waals surface area contributed by atoms with Gasteiger partial charge in [0, 0.05) is 39.5 Å². The Hall–Kier alpha value is -6.59. The fraction of sp³-hybridized carbons (Fsp3) is 0.0444. The lowest BCUT2D eigenvalue weighted by molar-refractivity contribution is 0.352. The number of rotatable bonds is 2. The lowest BCUT2D eigenvalue weighted by Crippen LogP contribution is -2.38. The highest BCUT2D eigenvalue weighted by molar-refractivity contribution is 6.18. The van der Waals surface area contributed by atoms with Crippen molar-refractivity contribution in [1.29, 1.82) is 0 Å². The van der Waals surface area contributed by atoms with E-state index >= 15 is 0 Å². The van der Waals surface area contributed by atoms with Crippen LogP contribution in [0.2, 0.25) is 0 Å². The van der Waals surface area contributed by atoms with Crippen LogP contribution in [-0.2, 0) is 0 Å². The van der Waals surface area contributed by atoms with Crippen molar-refractivity contribution in [3.8, 4) is 11.1 Å². The van der Waals surface area contributed by atoms with Crippen LogP contribution in [0.4, 0.5) is 5.69 Å². The molecule has 10 aromatic rings. The third kappa shape index (κ3) is 3.80. The van der Waals surface area contributed by atoms with Gasteiger partial charge in [0.15, 0.2) is 5.76 Å². The first-order valence-corrected chi connectivity index (χ1v) is 17.0. The van der Waals surface area contributed by atoms with Crippen LogP contribution >= 0.6 is 0 Å². The Morgan fingerprint density at radius 1 is 0.540 bits per heavy atom. The zero-order chi connectivity index (χ0) is 32.9. The third-order valence-corrected chi connectivity index (χ3v) is 10.4. The quantitative estimate of drug-likeness (QED) is 0.188. The van der Waals surface area contributed by atoms with Crippen LogP contribution in [0.15, 0.2) is 165 Å². The summed E-state index contributed by atoms with van der Waals surface area (Å²) in [5.74, 6) is 1.68. The number of para-hydroxylation sites is 3. The normalized spacial score (nSPS) is 14.8. The Labute approximate surface area is 286 Å². The maximum Gasteiger partial charge on any atom is 0.211 e. The van der Waals surface area contributed by atoms with Gasteiger partial charge in [-0.25, -0.2) is 4.99 Å². The molecule has 1 unspecified atom stereocenters. The van der Waals surface area contributed by atoms with Gasteiger partial charge in [0.05, 0.1) is 11.0 Å². The van der Waals surface area contributed by atoms with Crippen molar-refractivity contribution < 1.29 is 8.83 Å². The smallest absolute Gasteiger partial charge is 0.211 e. The summed E-state index contributed by atoms with van der Waals surface area (Å²) in [6.45, 7) is 0. The molecule has 5 nitrogen and oxygen atoms in total. The molecule has 0 saturated carbocycles. The van der Waals surface area contributed by atoms with Crippen molar-refractivity contribution in [2.45, 2.75) is 6.04 Å². The fourth-order valence-electron chi connectivity index (χ4n) is 8.11. The molecular weight excluding hydrogens is 615 g/mol. The standard InChI is InChI=1S/C45H29N3O2/c1-47-42(27-12-3-2-4-13-27)44-41(46-45(47)48-37-20-9-7-16-32(37)35-24-28-14-5-6-15-29(28)26-38(35)48)36-25-30(22-23-40(36)50-44)31-18-11-19-34-33-17-8-10-21-39(33)49-43(31)34/h2-26,42H,1H3. The molecule has 0 fully saturated rings. The van der Waals surface area contributed by atoms with Crippen LogP contribution in [0, 0.1) is 0 Å². The molecule has 7 aromatic carbocycles. The number of fused-ring (bicyclic) bond motifs is 10. The lowest BCUT2D eigenvalue weighted by atomic mass is 9.98. The molecule has 0 amide bonds. The zero-order valence-electron chi connectivity index (χ0n) is 27.2. The van der Waals surface area contributed by atoms with Gasteiger partial charge in [-0.1, -0.05) is 115 Å². The molecule has 0 bridgehead atoms. The SMILES string of the molecule is CN1C(n2c3ccccc3c3cc4ccccc4cc32)=Nc2c(oc3ccc(-c4cccc5c4oc4ccccc45)cc23)C1c1ccccc1. The van der Waals surface area contributed by atoms with E-state index in [1.54, 1.807) is 0 Å². The first-order chi connectivity index (χ1) is 24.7. The summed E-state index contributed by atoms with van der Waals surface area (Å²) in [5.41, 5.74) is 8.91. The molecule has 0 spiro atoms. The van der Waals surface area contributed by atoms with Gasteiger partial charge in [-0.15, -0.1) is 0 Å². The molecule has 50 heavy (non-hydrogen) atoms. The largest absolute Gasteiger partial charge is 0.456 e. The maximum atomic E-state index is 6.77. The predicted molar refractivity (Wildman–Crippen MR) is 204 cm³/mol. The summed E-state index contributed by atoms with van der Waals surface area (Å²) in [7, 11) is 2.13. The number of nitrogens with zero attached hydrogens (tertiary/aromatic N) is 3. The van der Waals surface area contributed by atoms with Crippen LogP contribution in [-0.4, -0.2) is 22.5 Å². The minimum atomic E-state index is -0.190. The van der Waals surface area contributed by atoms with Crippen molar-refractivity contribution in [3.63, 3.8) is 0 Å². The van der Waals surface area contributed by atoms with Crippen LogP contribution in [0.3, 0.4) is 0 Å². The minimum absolute atomic E-state index is 0.190. The molecule has 236 valence electrons. The second-order valence-corrected chi connectivity index (χ2v) is 13.2. The summed E-state index contributed by atoms with van der Waals surface area (Å²) in [6, 6.07) is 53.2. The summed E-state index contributed by atoms with van der Waals surface area (Å²) in [6.07, 6.45) is 0. The van der Waals surface area contributed by atoms with E-state index in [9.17, 15) is 0 Å². The van der Waals surface area contributed by atoms with Gasteiger partial charge < -0.3 is 13.7 Å². The highest BCUT2D eigenvalue weighted by Gasteiger charge is 2.36. The molecular formula is C45H29N3O2. The number of benzene rings is 7. The Balaban J connectivity index is 1.20. The van der Waals surface area contributed by atoms with E-state index < -0.39 is 0 Å². The highest BCUT2D eigenvalue weighted by atomic mass is 16.3. The van der Waals surface area contributed by atoms with E-state index in [1.807, 2.05) is 12.1 Å². The molecule has 1 aliphatic heterocycles. The van der Waals surface area contributed by atoms with Gasteiger partial charge in [-0.3, -0.25) is 4.57 Å². The molecule has 11 rings (SSSR count). The van der Waals surface area contributed by atoms with E-state index in [2.05, 4.69) is 156 Å². The van der Waals surface area contributed by atoms with Gasteiger partial charge in [0.1, 0.15) is 28.5 Å². The molecule has 0 radical (unpaired) electrons.